The molecule has 0 fully saturated rings. The molecule has 2 heterocycles. The molecule has 5 heteroatoms. The van der Waals surface area contributed by atoms with Crippen molar-refractivity contribution in [2.75, 3.05) is 18.5 Å². The third-order valence-electron chi connectivity index (χ3n) is 3.23. The smallest absolute Gasteiger partial charge is 0.161 e. The van der Waals surface area contributed by atoms with Gasteiger partial charge in [-0.15, -0.1) is 0 Å². The number of anilines is 1. The summed E-state index contributed by atoms with van der Waals surface area (Å²) in [5.41, 5.74) is 2.18. The second-order valence-corrected chi connectivity index (χ2v) is 5.13. The lowest BCUT2D eigenvalue weighted by Gasteiger charge is -2.19. The van der Waals surface area contributed by atoms with E-state index in [-0.39, 0.29) is 0 Å². The molecule has 106 valence electrons. The van der Waals surface area contributed by atoms with E-state index in [1.165, 1.54) is 0 Å². The minimum Gasteiger partial charge on any atom is -0.486 e. The minimum atomic E-state index is 0.375. The number of aromatic nitrogens is 2. The lowest BCUT2D eigenvalue weighted by Crippen LogP contribution is -2.15. The Labute approximate surface area is 118 Å². The van der Waals surface area contributed by atoms with Crippen LogP contribution in [-0.2, 0) is 6.54 Å². The van der Waals surface area contributed by atoms with Crippen molar-refractivity contribution in [3.8, 4) is 11.5 Å². The number of nitrogens with zero attached hydrogens (tertiary/aromatic N) is 2. The highest BCUT2D eigenvalue weighted by Crippen LogP contribution is 2.30. The highest BCUT2D eigenvalue weighted by atomic mass is 16.6. The van der Waals surface area contributed by atoms with E-state index >= 15 is 0 Å². The molecule has 1 aromatic carbocycles. The minimum absolute atomic E-state index is 0.375. The van der Waals surface area contributed by atoms with Crippen LogP contribution in [0.5, 0.6) is 11.5 Å². The molecule has 0 aliphatic carbocycles. The first-order chi connectivity index (χ1) is 9.72. The van der Waals surface area contributed by atoms with Crippen LogP contribution in [-0.4, -0.2) is 23.0 Å². The van der Waals surface area contributed by atoms with Crippen molar-refractivity contribution in [2.24, 2.45) is 0 Å². The first kappa shape index (κ1) is 12.8. The number of rotatable bonds is 4. The van der Waals surface area contributed by atoms with Gasteiger partial charge in [-0.2, -0.15) is 5.10 Å². The summed E-state index contributed by atoms with van der Waals surface area (Å²) >= 11 is 0. The van der Waals surface area contributed by atoms with Crippen LogP contribution in [0.15, 0.2) is 30.6 Å². The molecule has 0 spiro atoms. The van der Waals surface area contributed by atoms with E-state index in [4.69, 9.17) is 9.47 Å². The number of ether oxygens (including phenoxy) is 2. The van der Waals surface area contributed by atoms with Crippen molar-refractivity contribution in [3.05, 3.63) is 36.2 Å². The Morgan fingerprint density at radius 2 is 2.05 bits per heavy atom. The van der Waals surface area contributed by atoms with Crippen LogP contribution in [0.1, 0.15) is 25.5 Å². The van der Waals surface area contributed by atoms with Crippen LogP contribution in [0, 0.1) is 0 Å². The average Bonchev–Trinajstić information content (AvgIpc) is 2.94. The predicted molar refractivity (Wildman–Crippen MR) is 77.4 cm³/mol. The van der Waals surface area contributed by atoms with Crippen LogP contribution < -0.4 is 14.8 Å². The quantitative estimate of drug-likeness (QED) is 0.930. The Hall–Kier alpha value is -2.17. The summed E-state index contributed by atoms with van der Waals surface area (Å²) in [7, 11) is 0. The Kier molecular flexibility index (Phi) is 3.50. The SMILES string of the molecule is CC(C)n1cc(NCc2ccc3c(c2)OCCO3)cn1. The lowest BCUT2D eigenvalue weighted by molar-refractivity contribution is 0.171. The summed E-state index contributed by atoms with van der Waals surface area (Å²) in [6.45, 7) is 6.19. The van der Waals surface area contributed by atoms with Gasteiger partial charge >= 0.3 is 0 Å². The van der Waals surface area contributed by atoms with Crippen molar-refractivity contribution in [2.45, 2.75) is 26.4 Å². The molecule has 1 aliphatic rings. The van der Waals surface area contributed by atoms with Gasteiger partial charge in [0.1, 0.15) is 13.2 Å². The second-order valence-electron chi connectivity index (χ2n) is 5.13. The summed E-state index contributed by atoms with van der Waals surface area (Å²) in [6.07, 6.45) is 3.86. The van der Waals surface area contributed by atoms with E-state index < -0.39 is 0 Å². The highest BCUT2D eigenvalue weighted by Gasteiger charge is 2.11. The topological polar surface area (TPSA) is 48.3 Å². The summed E-state index contributed by atoms with van der Waals surface area (Å²) in [5, 5.41) is 7.67. The standard InChI is InChI=1S/C15H19N3O2/c1-11(2)18-10-13(9-17-18)16-8-12-3-4-14-15(7-12)20-6-5-19-14/h3-4,7,9-11,16H,5-6,8H2,1-2H3. The van der Waals surface area contributed by atoms with E-state index in [1.54, 1.807) is 0 Å². The van der Waals surface area contributed by atoms with Crippen molar-refractivity contribution in [1.82, 2.24) is 9.78 Å². The zero-order chi connectivity index (χ0) is 13.9. The number of nitrogens with one attached hydrogen (secondary N) is 1. The largest absolute Gasteiger partial charge is 0.486 e. The Morgan fingerprint density at radius 1 is 1.25 bits per heavy atom. The van der Waals surface area contributed by atoms with Gasteiger partial charge in [0, 0.05) is 18.8 Å². The van der Waals surface area contributed by atoms with Crippen LogP contribution >= 0.6 is 0 Å². The lowest BCUT2D eigenvalue weighted by atomic mass is 10.2. The molecule has 0 saturated heterocycles. The maximum Gasteiger partial charge on any atom is 0.161 e. The van der Waals surface area contributed by atoms with E-state index in [1.807, 2.05) is 35.3 Å². The average molecular weight is 273 g/mol. The molecule has 2 aromatic rings. The fraction of sp³-hybridized carbons (Fsp3) is 0.400. The van der Waals surface area contributed by atoms with Gasteiger partial charge in [-0.05, 0) is 31.5 Å². The molecule has 3 rings (SSSR count). The number of hydrogen-bond donors (Lipinski definition) is 1. The molecule has 0 radical (unpaired) electrons. The molecule has 1 N–H and O–H groups in total. The summed E-state index contributed by atoms with van der Waals surface area (Å²) in [6, 6.07) is 6.41. The number of hydrogen-bond acceptors (Lipinski definition) is 4. The second kappa shape index (κ2) is 5.45. The van der Waals surface area contributed by atoms with Crippen LogP contribution in [0.4, 0.5) is 5.69 Å². The summed E-state index contributed by atoms with van der Waals surface area (Å²) in [4.78, 5) is 0. The maximum absolute atomic E-state index is 5.58. The van der Waals surface area contributed by atoms with Gasteiger partial charge in [-0.1, -0.05) is 6.07 Å². The van der Waals surface area contributed by atoms with E-state index in [0.29, 0.717) is 19.3 Å². The maximum atomic E-state index is 5.58. The number of fused-ring (bicyclic) bond motifs is 1. The first-order valence-corrected chi connectivity index (χ1v) is 6.89. The third kappa shape index (κ3) is 2.71. The monoisotopic (exact) mass is 273 g/mol. The van der Waals surface area contributed by atoms with Crippen molar-refractivity contribution in [1.29, 1.82) is 0 Å². The fourth-order valence-corrected chi connectivity index (χ4v) is 2.11. The van der Waals surface area contributed by atoms with E-state index in [2.05, 4.69) is 24.3 Å². The molecular formula is C15H19N3O2. The Morgan fingerprint density at radius 3 is 2.80 bits per heavy atom. The van der Waals surface area contributed by atoms with Gasteiger partial charge in [0.05, 0.1) is 11.9 Å². The molecule has 5 nitrogen and oxygen atoms in total. The molecule has 1 aliphatic heterocycles. The summed E-state index contributed by atoms with van der Waals surface area (Å²) < 4.78 is 13.0. The van der Waals surface area contributed by atoms with Gasteiger partial charge in [-0.25, -0.2) is 0 Å². The van der Waals surface area contributed by atoms with Gasteiger partial charge in [0.15, 0.2) is 11.5 Å². The molecule has 0 saturated carbocycles. The fourth-order valence-electron chi connectivity index (χ4n) is 2.11. The molecule has 1 aromatic heterocycles. The third-order valence-corrected chi connectivity index (χ3v) is 3.23. The first-order valence-electron chi connectivity index (χ1n) is 6.89. The Bertz CT molecular complexity index is 593. The predicted octanol–water partition coefficient (Wildman–Crippen LogP) is 2.85. The van der Waals surface area contributed by atoms with Crippen LogP contribution in [0.2, 0.25) is 0 Å². The molecule has 20 heavy (non-hydrogen) atoms. The molecular weight excluding hydrogens is 254 g/mol. The van der Waals surface area contributed by atoms with E-state index in [9.17, 15) is 0 Å². The highest BCUT2D eigenvalue weighted by molar-refractivity contribution is 5.46. The van der Waals surface area contributed by atoms with Crippen LogP contribution in [0.25, 0.3) is 0 Å². The summed E-state index contributed by atoms with van der Waals surface area (Å²) in [5.74, 6) is 1.65. The van der Waals surface area contributed by atoms with Gasteiger partial charge in [0.2, 0.25) is 0 Å². The Balaban J connectivity index is 1.65. The molecule has 0 atom stereocenters. The molecule has 0 unspecified atom stereocenters. The van der Waals surface area contributed by atoms with Gasteiger partial charge < -0.3 is 14.8 Å². The van der Waals surface area contributed by atoms with E-state index in [0.717, 1.165) is 29.3 Å². The zero-order valence-corrected chi connectivity index (χ0v) is 11.8. The van der Waals surface area contributed by atoms with Crippen molar-refractivity contribution < 1.29 is 9.47 Å². The van der Waals surface area contributed by atoms with Gasteiger partial charge in [0.25, 0.3) is 0 Å². The van der Waals surface area contributed by atoms with Crippen LogP contribution in [0.3, 0.4) is 0 Å². The molecule has 0 bridgehead atoms. The molecule has 0 amide bonds. The van der Waals surface area contributed by atoms with Crippen molar-refractivity contribution >= 4 is 5.69 Å². The van der Waals surface area contributed by atoms with Crippen molar-refractivity contribution in [3.63, 3.8) is 0 Å². The van der Waals surface area contributed by atoms with Gasteiger partial charge in [-0.3, -0.25) is 4.68 Å². The normalized spacial score (nSPS) is 13.6. The number of benzene rings is 1. The zero-order valence-electron chi connectivity index (χ0n) is 11.8.